The van der Waals surface area contributed by atoms with Gasteiger partial charge in [0.25, 0.3) is 5.91 Å². The van der Waals surface area contributed by atoms with E-state index in [1.807, 2.05) is 47.0 Å². The highest BCUT2D eigenvalue weighted by Gasteiger charge is 2.20. The van der Waals surface area contributed by atoms with E-state index >= 15 is 0 Å². The molecule has 0 spiro atoms. The van der Waals surface area contributed by atoms with Gasteiger partial charge in [0.1, 0.15) is 5.69 Å². The highest BCUT2D eigenvalue weighted by Crippen LogP contribution is 2.27. The quantitative estimate of drug-likeness (QED) is 0.786. The summed E-state index contributed by atoms with van der Waals surface area (Å²) >= 11 is 1.90. The third kappa shape index (κ3) is 2.72. The van der Waals surface area contributed by atoms with E-state index in [1.54, 1.807) is 0 Å². The van der Waals surface area contributed by atoms with Gasteiger partial charge in [0, 0.05) is 30.2 Å². The predicted molar refractivity (Wildman–Crippen MR) is 94.8 cm³/mol. The van der Waals surface area contributed by atoms with Gasteiger partial charge in [-0.05, 0) is 16.8 Å². The maximum Gasteiger partial charge on any atom is 0.271 e. The molecular formula is C18H17N3OS. The molecule has 0 bridgehead atoms. The van der Waals surface area contributed by atoms with Crippen molar-refractivity contribution in [2.75, 3.05) is 24.6 Å². The molecule has 0 saturated carbocycles. The molecule has 1 aromatic heterocycles. The second-order valence-corrected chi connectivity index (χ2v) is 6.82. The van der Waals surface area contributed by atoms with E-state index in [0.29, 0.717) is 5.69 Å². The lowest BCUT2D eigenvalue weighted by Gasteiger charge is -2.25. The Morgan fingerprint density at radius 1 is 1.09 bits per heavy atom. The molecule has 2 aromatic carbocycles. The second-order valence-electron chi connectivity index (χ2n) is 5.60. The summed E-state index contributed by atoms with van der Waals surface area (Å²) in [5.74, 6) is 2.07. The van der Waals surface area contributed by atoms with Crippen LogP contribution in [0.2, 0.25) is 0 Å². The summed E-state index contributed by atoms with van der Waals surface area (Å²) in [6.45, 7) is 1.62. The van der Waals surface area contributed by atoms with Crippen molar-refractivity contribution >= 4 is 28.4 Å². The highest BCUT2D eigenvalue weighted by atomic mass is 32.2. The number of benzene rings is 2. The van der Waals surface area contributed by atoms with Crippen LogP contribution in [0.25, 0.3) is 22.0 Å². The molecule has 1 aliphatic heterocycles. The lowest BCUT2D eigenvalue weighted by atomic mass is 10.0. The van der Waals surface area contributed by atoms with E-state index in [2.05, 4.69) is 28.4 Å². The second kappa shape index (κ2) is 6.08. The van der Waals surface area contributed by atoms with Crippen LogP contribution >= 0.6 is 11.8 Å². The van der Waals surface area contributed by atoms with Crippen LogP contribution in [0.1, 0.15) is 10.5 Å². The van der Waals surface area contributed by atoms with Crippen molar-refractivity contribution in [3.63, 3.8) is 0 Å². The van der Waals surface area contributed by atoms with Crippen LogP contribution in [0.15, 0.2) is 48.5 Å². The van der Waals surface area contributed by atoms with Gasteiger partial charge in [-0.1, -0.05) is 42.5 Å². The van der Waals surface area contributed by atoms with Gasteiger partial charge in [-0.3, -0.25) is 9.89 Å². The number of fused-ring (bicyclic) bond motifs is 1. The van der Waals surface area contributed by atoms with Crippen LogP contribution in [0.4, 0.5) is 0 Å². The fourth-order valence-electron chi connectivity index (χ4n) is 2.95. The van der Waals surface area contributed by atoms with Crippen molar-refractivity contribution < 1.29 is 4.79 Å². The molecule has 0 unspecified atom stereocenters. The molecule has 4 rings (SSSR count). The number of carbonyl (C=O) groups is 1. The Morgan fingerprint density at radius 2 is 1.87 bits per heavy atom. The summed E-state index contributed by atoms with van der Waals surface area (Å²) in [4.78, 5) is 14.5. The zero-order chi connectivity index (χ0) is 15.6. The van der Waals surface area contributed by atoms with Crippen molar-refractivity contribution in [3.8, 4) is 11.3 Å². The van der Waals surface area contributed by atoms with Crippen molar-refractivity contribution in [1.29, 1.82) is 0 Å². The summed E-state index contributed by atoms with van der Waals surface area (Å²) in [6, 6.07) is 16.2. The van der Waals surface area contributed by atoms with Crippen LogP contribution in [0.5, 0.6) is 0 Å². The van der Waals surface area contributed by atoms with E-state index in [1.165, 1.54) is 5.39 Å². The molecule has 2 heterocycles. The molecule has 4 nitrogen and oxygen atoms in total. The molecule has 0 atom stereocenters. The molecule has 1 N–H and O–H groups in total. The number of hydrogen-bond acceptors (Lipinski definition) is 3. The summed E-state index contributed by atoms with van der Waals surface area (Å²) in [7, 11) is 0. The first-order valence-electron chi connectivity index (χ1n) is 7.73. The van der Waals surface area contributed by atoms with Gasteiger partial charge in [0.2, 0.25) is 0 Å². The van der Waals surface area contributed by atoms with Crippen LogP contribution in [0.3, 0.4) is 0 Å². The van der Waals surface area contributed by atoms with Crippen LogP contribution in [-0.4, -0.2) is 45.6 Å². The zero-order valence-electron chi connectivity index (χ0n) is 12.7. The topological polar surface area (TPSA) is 49.0 Å². The molecule has 23 heavy (non-hydrogen) atoms. The first-order valence-corrected chi connectivity index (χ1v) is 8.89. The Morgan fingerprint density at radius 3 is 2.74 bits per heavy atom. The number of H-pyrrole nitrogens is 1. The summed E-state index contributed by atoms with van der Waals surface area (Å²) in [5, 5.41) is 9.62. The van der Waals surface area contributed by atoms with E-state index in [0.717, 1.165) is 41.2 Å². The van der Waals surface area contributed by atoms with Gasteiger partial charge < -0.3 is 4.90 Å². The monoisotopic (exact) mass is 323 g/mol. The van der Waals surface area contributed by atoms with Gasteiger partial charge in [-0.2, -0.15) is 16.9 Å². The molecule has 1 aliphatic rings. The Hall–Kier alpha value is -2.27. The van der Waals surface area contributed by atoms with Crippen molar-refractivity contribution in [1.82, 2.24) is 15.1 Å². The fourth-order valence-corrected chi connectivity index (χ4v) is 3.86. The van der Waals surface area contributed by atoms with E-state index in [4.69, 9.17) is 0 Å². The number of thioether (sulfide) groups is 1. The molecule has 1 amide bonds. The molecule has 3 aromatic rings. The van der Waals surface area contributed by atoms with E-state index < -0.39 is 0 Å². The average Bonchev–Trinajstić information content (AvgIpc) is 3.11. The SMILES string of the molecule is O=C(c1cc(-c2cccc3ccccc23)n[nH]1)N1CCSCC1. The van der Waals surface area contributed by atoms with Gasteiger partial charge >= 0.3 is 0 Å². The van der Waals surface area contributed by atoms with Crippen LogP contribution in [0, 0.1) is 0 Å². The van der Waals surface area contributed by atoms with Crippen molar-refractivity contribution in [2.24, 2.45) is 0 Å². The van der Waals surface area contributed by atoms with Crippen LogP contribution in [-0.2, 0) is 0 Å². The first-order chi connectivity index (χ1) is 11.3. The average molecular weight is 323 g/mol. The standard InChI is InChI=1S/C18H17N3OS/c22-18(21-8-10-23-11-9-21)17-12-16(19-20-17)15-7-3-5-13-4-1-2-6-14(13)15/h1-7,12H,8-11H2,(H,19,20). The normalized spacial score (nSPS) is 15.0. The van der Waals surface area contributed by atoms with E-state index in [9.17, 15) is 4.79 Å². The Labute approximate surface area is 138 Å². The van der Waals surface area contributed by atoms with Gasteiger partial charge in [0.15, 0.2) is 0 Å². The largest absolute Gasteiger partial charge is 0.336 e. The lowest BCUT2D eigenvalue weighted by molar-refractivity contribution is 0.0766. The number of nitrogens with zero attached hydrogens (tertiary/aromatic N) is 2. The zero-order valence-corrected chi connectivity index (χ0v) is 13.5. The van der Waals surface area contributed by atoms with Gasteiger partial charge in [-0.25, -0.2) is 0 Å². The molecular weight excluding hydrogens is 306 g/mol. The Balaban J connectivity index is 1.68. The Bertz CT molecular complexity index is 847. The molecule has 5 heteroatoms. The minimum Gasteiger partial charge on any atom is -0.336 e. The number of carbonyl (C=O) groups excluding carboxylic acids is 1. The van der Waals surface area contributed by atoms with Gasteiger partial charge in [0.05, 0.1) is 5.69 Å². The third-order valence-corrected chi connectivity index (χ3v) is 5.11. The number of rotatable bonds is 2. The fraction of sp³-hybridized carbons (Fsp3) is 0.222. The number of hydrogen-bond donors (Lipinski definition) is 1. The van der Waals surface area contributed by atoms with Crippen molar-refractivity contribution in [2.45, 2.75) is 0 Å². The number of amides is 1. The maximum atomic E-state index is 12.6. The molecule has 1 fully saturated rings. The third-order valence-electron chi connectivity index (χ3n) is 4.17. The summed E-state index contributed by atoms with van der Waals surface area (Å²) < 4.78 is 0. The minimum atomic E-state index is 0.0456. The summed E-state index contributed by atoms with van der Waals surface area (Å²) in [5.41, 5.74) is 2.43. The lowest BCUT2D eigenvalue weighted by Crippen LogP contribution is -2.38. The van der Waals surface area contributed by atoms with Crippen LogP contribution < -0.4 is 0 Å². The molecule has 1 saturated heterocycles. The van der Waals surface area contributed by atoms with Crippen molar-refractivity contribution in [3.05, 3.63) is 54.2 Å². The first kappa shape index (κ1) is 14.3. The molecule has 116 valence electrons. The minimum absolute atomic E-state index is 0.0456. The highest BCUT2D eigenvalue weighted by molar-refractivity contribution is 7.99. The number of aromatic nitrogens is 2. The maximum absolute atomic E-state index is 12.6. The molecule has 0 radical (unpaired) electrons. The smallest absolute Gasteiger partial charge is 0.271 e. The number of nitrogens with one attached hydrogen (secondary N) is 1. The Kier molecular flexibility index (Phi) is 3.79. The number of aromatic amines is 1. The van der Waals surface area contributed by atoms with E-state index in [-0.39, 0.29) is 5.91 Å². The van der Waals surface area contributed by atoms with Gasteiger partial charge in [-0.15, -0.1) is 0 Å². The molecule has 0 aliphatic carbocycles. The summed E-state index contributed by atoms with van der Waals surface area (Å²) in [6.07, 6.45) is 0. The predicted octanol–water partition coefficient (Wildman–Crippen LogP) is 3.42.